The van der Waals surface area contributed by atoms with Crippen LogP contribution in [-0.2, 0) is 6.18 Å². The maximum absolute atomic E-state index is 12.8. The molecule has 9 heteroatoms. The SMILES string of the molecule is Cc1c(C(=O)N2CCC(C)(CN)C2)sc2nc(C(F)(F)F)ccc12.Cl. The Kier molecular flexibility index (Phi) is 5.37. The van der Waals surface area contributed by atoms with E-state index >= 15 is 0 Å². The average Bonchev–Trinajstić information content (AvgIpc) is 3.07. The predicted molar refractivity (Wildman–Crippen MR) is 94.3 cm³/mol. The van der Waals surface area contributed by atoms with E-state index in [1.54, 1.807) is 11.8 Å². The zero-order valence-electron chi connectivity index (χ0n) is 13.8. The Morgan fingerprint density at radius 3 is 2.68 bits per heavy atom. The summed E-state index contributed by atoms with van der Waals surface area (Å²) in [7, 11) is 0. The van der Waals surface area contributed by atoms with E-state index in [2.05, 4.69) is 4.98 Å². The number of carbonyl (C=O) groups is 1. The first-order valence-corrected chi connectivity index (χ1v) is 8.43. The van der Waals surface area contributed by atoms with Crippen LogP contribution in [0.4, 0.5) is 13.2 Å². The van der Waals surface area contributed by atoms with E-state index in [0.717, 1.165) is 23.8 Å². The normalized spacial score (nSPS) is 20.8. The zero-order valence-corrected chi connectivity index (χ0v) is 15.4. The molecule has 2 aromatic heterocycles. The maximum atomic E-state index is 12.8. The minimum absolute atomic E-state index is 0. The van der Waals surface area contributed by atoms with E-state index in [1.165, 1.54) is 6.07 Å². The third kappa shape index (κ3) is 3.61. The predicted octanol–water partition coefficient (Wildman–Crippen LogP) is 3.86. The molecule has 1 fully saturated rings. The van der Waals surface area contributed by atoms with Gasteiger partial charge in [-0.1, -0.05) is 6.92 Å². The van der Waals surface area contributed by atoms with Crippen molar-refractivity contribution >= 4 is 39.9 Å². The first-order valence-electron chi connectivity index (χ1n) is 7.61. The molecule has 25 heavy (non-hydrogen) atoms. The summed E-state index contributed by atoms with van der Waals surface area (Å²) < 4.78 is 38.4. The van der Waals surface area contributed by atoms with E-state index in [1.807, 2.05) is 6.92 Å². The third-order valence-corrected chi connectivity index (χ3v) is 5.82. The Hall–Kier alpha value is -1.38. The number of nitrogens with two attached hydrogens (primary N) is 1. The van der Waals surface area contributed by atoms with Crippen LogP contribution in [0.5, 0.6) is 0 Å². The van der Waals surface area contributed by atoms with Gasteiger partial charge in [0.25, 0.3) is 5.91 Å². The van der Waals surface area contributed by atoms with Gasteiger partial charge in [-0.25, -0.2) is 4.98 Å². The molecule has 1 aliphatic rings. The first kappa shape index (κ1) is 19.9. The van der Waals surface area contributed by atoms with E-state index in [0.29, 0.717) is 35.5 Å². The minimum Gasteiger partial charge on any atom is -0.337 e. The highest BCUT2D eigenvalue weighted by molar-refractivity contribution is 7.20. The number of thiophene rings is 1. The topological polar surface area (TPSA) is 59.2 Å². The van der Waals surface area contributed by atoms with Crippen LogP contribution in [0.3, 0.4) is 0 Å². The fraction of sp³-hybridized carbons (Fsp3) is 0.500. The summed E-state index contributed by atoms with van der Waals surface area (Å²) in [6, 6.07) is 2.35. The van der Waals surface area contributed by atoms with Crippen molar-refractivity contribution in [3.63, 3.8) is 0 Å². The van der Waals surface area contributed by atoms with Crippen molar-refractivity contribution in [2.45, 2.75) is 26.4 Å². The van der Waals surface area contributed by atoms with Crippen LogP contribution in [0.15, 0.2) is 12.1 Å². The minimum atomic E-state index is -4.49. The molecule has 0 aliphatic carbocycles. The monoisotopic (exact) mass is 393 g/mol. The fourth-order valence-electron chi connectivity index (χ4n) is 2.97. The summed E-state index contributed by atoms with van der Waals surface area (Å²) in [5.74, 6) is -0.152. The van der Waals surface area contributed by atoms with Gasteiger partial charge in [0, 0.05) is 18.5 Å². The van der Waals surface area contributed by atoms with E-state index in [9.17, 15) is 18.0 Å². The molecule has 1 amide bonds. The number of fused-ring (bicyclic) bond motifs is 1. The Bertz CT molecular complexity index is 808. The third-order valence-electron chi connectivity index (χ3n) is 4.63. The molecule has 1 saturated heterocycles. The molecule has 2 aromatic rings. The van der Waals surface area contributed by atoms with Gasteiger partial charge >= 0.3 is 6.18 Å². The van der Waals surface area contributed by atoms with Gasteiger partial charge in [0.15, 0.2) is 0 Å². The van der Waals surface area contributed by atoms with Crippen molar-refractivity contribution in [2.75, 3.05) is 19.6 Å². The molecule has 0 spiro atoms. The van der Waals surface area contributed by atoms with Crippen LogP contribution in [0.1, 0.15) is 34.3 Å². The molecule has 3 rings (SSSR count). The lowest BCUT2D eigenvalue weighted by Gasteiger charge is -2.22. The molecule has 4 nitrogen and oxygen atoms in total. The lowest BCUT2D eigenvalue weighted by atomic mass is 9.90. The smallest absolute Gasteiger partial charge is 0.337 e. The molecule has 0 radical (unpaired) electrons. The van der Waals surface area contributed by atoms with Gasteiger partial charge in [-0.3, -0.25) is 4.79 Å². The maximum Gasteiger partial charge on any atom is 0.433 e. The number of alkyl halides is 3. The van der Waals surface area contributed by atoms with Crippen LogP contribution < -0.4 is 5.73 Å². The van der Waals surface area contributed by atoms with Crippen molar-refractivity contribution in [3.8, 4) is 0 Å². The van der Waals surface area contributed by atoms with Crippen molar-refractivity contribution in [2.24, 2.45) is 11.1 Å². The van der Waals surface area contributed by atoms with E-state index in [-0.39, 0.29) is 28.6 Å². The summed E-state index contributed by atoms with van der Waals surface area (Å²) in [6.45, 7) is 5.46. The zero-order chi connectivity index (χ0) is 17.7. The van der Waals surface area contributed by atoms with Crippen molar-refractivity contribution in [3.05, 3.63) is 28.3 Å². The number of rotatable bonds is 2. The second-order valence-electron chi connectivity index (χ2n) is 6.59. The highest BCUT2D eigenvalue weighted by Crippen LogP contribution is 2.36. The molecule has 1 atom stereocenters. The van der Waals surface area contributed by atoms with Crippen molar-refractivity contribution < 1.29 is 18.0 Å². The Labute approximate surface area is 153 Å². The van der Waals surface area contributed by atoms with Gasteiger partial charge in [0.2, 0.25) is 0 Å². The van der Waals surface area contributed by atoms with Crippen molar-refractivity contribution in [1.82, 2.24) is 9.88 Å². The second kappa shape index (κ2) is 6.74. The van der Waals surface area contributed by atoms with E-state index < -0.39 is 11.9 Å². The van der Waals surface area contributed by atoms with Gasteiger partial charge in [0.05, 0.1) is 4.88 Å². The number of amides is 1. The first-order chi connectivity index (χ1) is 11.1. The molecule has 1 aliphatic heterocycles. The molecular weight excluding hydrogens is 375 g/mol. The molecule has 0 bridgehead atoms. The largest absolute Gasteiger partial charge is 0.433 e. The van der Waals surface area contributed by atoms with Gasteiger partial charge in [-0.05, 0) is 43.0 Å². The van der Waals surface area contributed by atoms with Gasteiger partial charge < -0.3 is 10.6 Å². The molecular formula is C16H19ClF3N3OS. The fourth-order valence-corrected chi connectivity index (χ4v) is 4.12. The Morgan fingerprint density at radius 2 is 2.12 bits per heavy atom. The highest BCUT2D eigenvalue weighted by atomic mass is 35.5. The van der Waals surface area contributed by atoms with Gasteiger partial charge in [-0.15, -0.1) is 23.7 Å². The number of likely N-dealkylation sites (tertiary alicyclic amines) is 1. The molecule has 1 unspecified atom stereocenters. The summed E-state index contributed by atoms with van der Waals surface area (Å²) in [4.78, 5) is 18.9. The highest BCUT2D eigenvalue weighted by Gasteiger charge is 2.37. The second-order valence-corrected chi connectivity index (χ2v) is 7.59. The summed E-state index contributed by atoms with van der Waals surface area (Å²) >= 11 is 1.02. The number of hydrogen-bond acceptors (Lipinski definition) is 4. The van der Waals surface area contributed by atoms with Crippen LogP contribution in [0.2, 0.25) is 0 Å². The lowest BCUT2D eigenvalue weighted by Crippen LogP contribution is -2.34. The number of pyridine rings is 1. The number of halogens is 4. The van der Waals surface area contributed by atoms with Crippen LogP contribution in [-0.4, -0.2) is 35.4 Å². The lowest BCUT2D eigenvalue weighted by molar-refractivity contribution is -0.140. The molecule has 3 heterocycles. The summed E-state index contributed by atoms with van der Waals surface area (Å²) in [5.41, 5.74) is 5.42. The summed E-state index contributed by atoms with van der Waals surface area (Å²) in [6.07, 6.45) is -3.66. The standard InChI is InChI=1S/C16H18F3N3OS.ClH/c1-9-10-3-4-11(16(17,18)19)21-13(10)24-12(9)14(23)22-6-5-15(2,7-20)8-22;/h3-4H,5-8,20H2,1-2H3;1H. The van der Waals surface area contributed by atoms with Crippen LogP contribution in [0.25, 0.3) is 10.2 Å². The molecule has 2 N–H and O–H groups in total. The Balaban J connectivity index is 0.00000225. The quantitative estimate of drug-likeness (QED) is 0.842. The van der Waals surface area contributed by atoms with E-state index in [4.69, 9.17) is 5.73 Å². The molecule has 138 valence electrons. The number of nitrogens with zero attached hydrogens (tertiary/aromatic N) is 2. The van der Waals surface area contributed by atoms with Crippen LogP contribution in [0, 0.1) is 12.3 Å². The number of hydrogen-bond donors (Lipinski definition) is 1. The molecule has 0 saturated carbocycles. The average molecular weight is 394 g/mol. The Morgan fingerprint density at radius 1 is 1.44 bits per heavy atom. The van der Waals surface area contributed by atoms with Gasteiger partial charge in [0.1, 0.15) is 10.5 Å². The number of carbonyl (C=O) groups excluding carboxylic acids is 1. The van der Waals surface area contributed by atoms with Crippen LogP contribution >= 0.6 is 23.7 Å². The summed E-state index contributed by atoms with van der Waals surface area (Å²) in [5, 5.41) is 0.595. The number of aromatic nitrogens is 1. The van der Waals surface area contributed by atoms with Crippen molar-refractivity contribution in [1.29, 1.82) is 0 Å². The molecule has 0 aromatic carbocycles. The van der Waals surface area contributed by atoms with Gasteiger partial charge in [-0.2, -0.15) is 13.2 Å². The number of aryl methyl sites for hydroxylation is 1.